The van der Waals surface area contributed by atoms with Gasteiger partial charge in [-0.15, -0.1) is 0 Å². The van der Waals surface area contributed by atoms with E-state index in [1.54, 1.807) is 0 Å². The predicted octanol–water partition coefficient (Wildman–Crippen LogP) is 2.12. The maximum atomic E-state index is 13.0. The molecule has 4 aliphatic carbocycles. The number of allylic oxidation sites excluding steroid dienone is 2. The van der Waals surface area contributed by atoms with Gasteiger partial charge in [0.25, 0.3) is 0 Å². The molecule has 3 fully saturated rings. The normalized spacial score (nSPS) is 35.6. The molecule has 6 nitrogen and oxygen atoms in total. The number of hydrogen-bond acceptors (Lipinski definition) is 4. The third kappa shape index (κ3) is 1.95. The lowest BCUT2D eigenvalue weighted by atomic mass is 9.63. The molecular weight excluding hydrogens is 342 g/mol. The molecule has 5 aliphatic rings. The molecule has 2 amide bonds. The van der Waals surface area contributed by atoms with E-state index in [0.717, 1.165) is 17.5 Å². The number of carbonyl (C=O) groups excluding carboxylic acids is 3. The number of carbonyl (C=O) groups is 3. The fourth-order valence-electron chi connectivity index (χ4n) is 5.72. The Labute approximate surface area is 155 Å². The number of para-hydroxylation sites is 2. The molecule has 136 valence electrons. The maximum absolute atomic E-state index is 13.0. The molecular formula is C21H19N3O3. The first kappa shape index (κ1) is 15.3. The quantitative estimate of drug-likeness (QED) is 0.620. The number of likely N-dealkylation sites (tertiary alicyclic amines) is 1. The Bertz CT molecular complexity index is 1000. The second-order valence-corrected chi connectivity index (χ2v) is 8.23. The first-order chi connectivity index (χ1) is 13.1. The summed E-state index contributed by atoms with van der Waals surface area (Å²) in [7, 11) is 0. The topological polar surface area (TPSA) is 72.3 Å². The van der Waals surface area contributed by atoms with Gasteiger partial charge < -0.3 is 0 Å². The lowest BCUT2D eigenvalue weighted by Gasteiger charge is -2.37. The van der Waals surface area contributed by atoms with E-state index in [4.69, 9.17) is 0 Å². The minimum atomic E-state index is -0.194. The monoisotopic (exact) mass is 361 g/mol. The van der Waals surface area contributed by atoms with Gasteiger partial charge in [-0.25, -0.2) is 4.98 Å². The van der Waals surface area contributed by atoms with Crippen LogP contribution < -0.4 is 0 Å². The number of imide groups is 1. The van der Waals surface area contributed by atoms with Gasteiger partial charge in [0.05, 0.1) is 22.9 Å². The van der Waals surface area contributed by atoms with Crippen LogP contribution in [0.1, 0.15) is 17.6 Å². The van der Waals surface area contributed by atoms with Crippen LogP contribution in [-0.2, 0) is 9.59 Å². The minimum Gasteiger partial charge on any atom is -0.282 e. The molecule has 0 N–H and O–H groups in total. The summed E-state index contributed by atoms with van der Waals surface area (Å²) in [6.07, 6.45) is 7.11. The highest BCUT2D eigenvalue weighted by atomic mass is 16.2. The maximum Gasteiger partial charge on any atom is 0.234 e. The molecule has 2 bridgehead atoms. The number of amides is 2. The number of rotatable bonds is 3. The van der Waals surface area contributed by atoms with Crippen LogP contribution in [-0.4, -0.2) is 38.7 Å². The molecule has 2 heterocycles. The number of benzene rings is 1. The summed E-state index contributed by atoms with van der Waals surface area (Å²) >= 11 is 0. The van der Waals surface area contributed by atoms with E-state index in [0.29, 0.717) is 11.8 Å². The van der Waals surface area contributed by atoms with Crippen molar-refractivity contribution in [2.75, 3.05) is 6.54 Å². The van der Waals surface area contributed by atoms with E-state index >= 15 is 0 Å². The van der Waals surface area contributed by atoms with Gasteiger partial charge in [-0.3, -0.25) is 23.9 Å². The van der Waals surface area contributed by atoms with Gasteiger partial charge in [-0.05, 0) is 42.2 Å². The Morgan fingerprint density at radius 3 is 2.41 bits per heavy atom. The highest BCUT2D eigenvalue weighted by molar-refractivity contribution is 6.06. The molecule has 6 atom stereocenters. The number of aromatic nitrogens is 2. The van der Waals surface area contributed by atoms with Crippen molar-refractivity contribution in [3.05, 3.63) is 42.7 Å². The van der Waals surface area contributed by atoms with Crippen molar-refractivity contribution in [2.24, 2.45) is 35.5 Å². The van der Waals surface area contributed by atoms with Crippen LogP contribution in [0.4, 0.5) is 0 Å². The summed E-state index contributed by atoms with van der Waals surface area (Å²) in [6, 6.07) is 7.43. The molecule has 0 radical (unpaired) electrons. The fraction of sp³-hybridized carbons (Fsp3) is 0.429. The van der Waals surface area contributed by atoms with Crippen LogP contribution in [0.5, 0.6) is 0 Å². The van der Waals surface area contributed by atoms with Crippen LogP contribution in [0.2, 0.25) is 0 Å². The van der Waals surface area contributed by atoms with Gasteiger partial charge in [-0.1, -0.05) is 24.3 Å². The molecule has 1 saturated heterocycles. The Hall–Kier alpha value is -2.76. The van der Waals surface area contributed by atoms with Crippen molar-refractivity contribution in [1.29, 1.82) is 0 Å². The van der Waals surface area contributed by atoms with E-state index in [-0.39, 0.29) is 54.4 Å². The Balaban J connectivity index is 1.22. The molecule has 1 aromatic heterocycles. The molecule has 7 rings (SSSR count). The van der Waals surface area contributed by atoms with Gasteiger partial charge in [0.15, 0.2) is 0 Å². The van der Waals surface area contributed by atoms with Crippen molar-refractivity contribution < 1.29 is 14.4 Å². The number of hydrogen-bond donors (Lipinski definition) is 0. The van der Waals surface area contributed by atoms with Crippen LogP contribution in [0.3, 0.4) is 0 Å². The third-order valence-corrected chi connectivity index (χ3v) is 7.03. The Morgan fingerprint density at radius 1 is 1.04 bits per heavy atom. The molecule has 1 aliphatic heterocycles. The van der Waals surface area contributed by atoms with E-state index in [1.807, 2.05) is 24.3 Å². The van der Waals surface area contributed by atoms with E-state index < -0.39 is 0 Å². The van der Waals surface area contributed by atoms with Crippen LogP contribution in [0, 0.1) is 35.5 Å². The average Bonchev–Trinajstić information content (AvgIpc) is 3.35. The zero-order valence-electron chi connectivity index (χ0n) is 14.7. The number of fused-ring (bicyclic) bond motifs is 1. The lowest BCUT2D eigenvalue weighted by molar-refractivity contribution is -0.140. The fourth-order valence-corrected chi connectivity index (χ4v) is 5.72. The largest absolute Gasteiger partial charge is 0.282 e. The zero-order valence-corrected chi connectivity index (χ0v) is 14.7. The molecule has 0 unspecified atom stereocenters. The van der Waals surface area contributed by atoms with Crippen molar-refractivity contribution in [2.45, 2.75) is 12.8 Å². The molecule has 0 spiro atoms. The highest BCUT2D eigenvalue weighted by Crippen LogP contribution is 2.65. The SMILES string of the molecule is O=C1[C@@H]2[C@@H]3C=C[C@@H]([C@H]4C[C@@H]34)[C@@H]2C(=O)N1CCC(=O)n1cnc2ccccc21. The summed E-state index contributed by atoms with van der Waals surface area (Å²) in [6.45, 7) is 0.158. The minimum absolute atomic E-state index is 0.0713. The molecule has 2 saturated carbocycles. The highest BCUT2D eigenvalue weighted by Gasteiger charge is 2.66. The molecule has 2 aromatic rings. The second kappa shape index (κ2) is 5.15. The van der Waals surface area contributed by atoms with Gasteiger partial charge in [0, 0.05) is 13.0 Å². The zero-order chi connectivity index (χ0) is 18.3. The van der Waals surface area contributed by atoms with Gasteiger partial charge >= 0.3 is 0 Å². The van der Waals surface area contributed by atoms with E-state index in [9.17, 15) is 14.4 Å². The predicted molar refractivity (Wildman–Crippen MR) is 96.4 cm³/mol. The Kier molecular flexibility index (Phi) is 2.92. The van der Waals surface area contributed by atoms with Gasteiger partial charge in [-0.2, -0.15) is 0 Å². The lowest BCUT2D eigenvalue weighted by Crippen LogP contribution is -2.40. The smallest absolute Gasteiger partial charge is 0.234 e. The molecule has 6 heteroatoms. The Morgan fingerprint density at radius 2 is 1.70 bits per heavy atom. The van der Waals surface area contributed by atoms with E-state index in [1.165, 1.54) is 15.8 Å². The van der Waals surface area contributed by atoms with Crippen molar-refractivity contribution >= 4 is 28.8 Å². The molecule has 27 heavy (non-hydrogen) atoms. The summed E-state index contributed by atoms with van der Waals surface area (Å²) < 4.78 is 1.51. The summed E-state index contributed by atoms with van der Waals surface area (Å²) in [4.78, 5) is 44.2. The van der Waals surface area contributed by atoms with Gasteiger partial charge in [0.1, 0.15) is 6.33 Å². The number of imidazole rings is 1. The van der Waals surface area contributed by atoms with Gasteiger partial charge in [0.2, 0.25) is 17.7 Å². The summed E-state index contributed by atoms with van der Waals surface area (Å²) in [5.41, 5.74) is 1.50. The van der Waals surface area contributed by atoms with Crippen molar-refractivity contribution in [3.8, 4) is 0 Å². The van der Waals surface area contributed by atoms with Crippen LogP contribution in [0.25, 0.3) is 11.0 Å². The van der Waals surface area contributed by atoms with Crippen molar-refractivity contribution in [3.63, 3.8) is 0 Å². The molecule has 1 aromatic carbocycles. The third-order valence-electron chi connectivity index (χ3n) is 7.03. The standard InChI is InChI=1S/C21H19N3O3/c25-17(24-10-22-15-3-1-2-4-16(15)24)7-8-23-20(26)18-11-5-6-12(14-9-13(11)14)19(18)21(23)27/h1-6,10-14,18-19H,7-9H2/t11-,12+,13+,14-,18-,19+. The first-order valence-electron chi connectivity index (χ1n) is 9.64. The average molecular weight is 361 g/mol. The second-order valence-electron chi connectivity index (χ2n) is 8.23. The first-order valence-corrected chi connectivity index (χ1v) is 9.64. The summed E-state index contributed by atoms with van der Waals surface area (Å²) in [5.74, 6) is 0.952. The number of nitrogens with zero attached hydrogens (tertiary/aromatic N) is 3. The van der Waals surface area contributed by atoms with Crippen LogP contribution >= 0.6 is 0 Å². The van der Waals surface area contributed by atoms with Crippen LogP contribution in [0.15, 0.2) is 42.7 Å². The summed E-state index contributed by atoms with van der Waals surface area (Å²) in [5, 5.41) is 0. The van der Waals surface area contributed by atoms with Crippen molar-refractivity contribution in [1.82, 2.24) is 14.5 Å². The van der Waals surface area contributed by atoms with E-state index in [2.05, 4.69) is 17.1 Å².